The second kappa shape index (κ2) is 13.4. The Morgan fingerprint density at radius 2 is 1.15 bits per heavy atom. The summed E-state index contributed by atoms with van der Waals surface area (Å²) < 4.78 is 6.00. The van der Waals surface area contributed by atoms with Gasteiger partial charge in [-0.3, -0.25) is 0 Å². The maximum absolute atomic E-state index is 12.3. The van der Waals surface area contributed by atoms with Gasteiger partial charge in [0.25, 0.3) is 0 Å². The van der Waals surface area contributed by atoms with Crippen LogP contribution < -0.4 is 26.0 Å². The Morgan fingerprint density at radius 3 is 1.73 bits per heavy atom. The molecule has 4 N–H and O–H groups in total. The molecule has 33 heavy (non-hydrogen) atoms. The number of rotatable bonds is 8. The Kier molecular flexibility index (Phi) is 9.88. The predicted octanol–water partition coefficient (Wildman–Crippen LogP) is 4.74. The molecule has 1 heterocycles. The fraction of sp³-hybridized carbons (Fsp3) is 0.462. The zero-order valence-electron chi connectivity index (χ0n) is 19.5. The second-order valence-electron chi connectivity index (χ2n) is 8.49. The molecule has 0 atom stereocenters. The van der Waals surface area contributed by atoms with Crippen LogP contribution in [0.1, 0.15) is 67.7 Å². The minimum absolute atomic E-state index is 0.223. The molecule has 2 aromatic carbocycles. The number of ether oxygens (including phenoxy) is 1. The highest BCUT2D eigenvalue weighted by molar-refractivity contribution is 5.74. The quantitative estimate of drug-likeness (QED) is 0.436. The number of amides is 4. The summed E-state index contributed by atoms with van der Waals surface area (Å²) in [7, 11) is 0. The highest BCUT2D eigenvalue weighted by atomic mass is 16.5. The Labute approximate surface area is 196 Å². The number of nitrogens with one attached hydrogen (secondary N) is 4. The average Bonchev–Trinajstić information content (AvgIpc) is 2.83. The molecular weight excluding hydrogens is 416 g/mol. The Morgan fingerprint density at radius 1 is 0.667 bits per heavy atom. The lowest BCUT2D eigenvalue weighted by Crippen LogP contribution is -2.35. The summed E-state index contributed by atoms with van der Waals surface area (Å²) in [6, 6.07) is 13.2. The number of carbonyl (C=O) groups is 2. The van der Waals surface area contributed by atoms with Crippen LogP contribution >= 0.6 is 0 Å². The summed E-state index contributed by atoms with van der Waals surface area (Å²) in [6.07, 6.45) is 7.24. The Balaban J connectivity index is 1.63. The van der Waals surface area contributed by atoms with Crippen molar-refractivity contribution >= 4 is 12.1 Å². The Bertz CT molecular complexity index is 859. The van der Waals surface area contributed by atoms with Crippen LogP contribution in [-0.4, -0.2) is 18.7 Å². The SMILES string of the molecule is CCCCCCCCOc1cc2cc(c1)CNC(=O)NCc1cccc(c1)CNC(=O)NC2. The maximum Gasteiger partial charge on any atom is 0.315 e. The molecule has 0 radical (unpaired) electrons. The first-order valence-electron chi connectivity index (χ1n) is 12.0. The van der Waals surface area contributed by atoms with Crippen LogP contribution in [0.15, 0.2) is 42.5 Å². The van der Waals surface area contributed by atoms with Crippen LogP contribution in [0, 0.1) is 0 Å². The van der Waals surface area contributed by atoms with Gasteiger partial charge in [0, 0.05) is 26.2 Å². The van der Waals surface area contributed by atoms with E-state index < -0.39 is 0 Å². The lowest BCUT2D eigenvalue weighted by atomic mass is 10.1. The maximum atomic E-state index is 12.3. The van der Waals surface area contributed by atoms with Gasteiger partial charge in [0.2, 0.25) is 0 Å². The van der Waals surface area contributed by atoms with Gasteiger partial charge in [0.05, 0.1) is 6.61 Å². The third-order valence-electron chi connectivity index (χ3n) is 5.60. The van der Waals surface area contributed by atoms with Gasteiger partial charge in [-0.05, 0) is 40.8 Å². The third kappa shape index (κ3) is 9.04. The van der Waals surface area contributed by atoms with Crippen LogP contribution in [0.25, 0.3) is 0 Å². The lowest BCUT2D eigenvalue weighted by molar-refractivity contribution is 0.239. The smallest absolute Gasteiger partial charge is 0.315 e. The van der Waals surface area contributed by atoms with Crippen molar-refractivity contribution in [2.45, 2.75) is 71.6 Å². The molecule has 1 aliphatic heterocycles. The number of unbranched alkanes of at least 4 members (excludes halogenated alkanes) is 5. The Hall–Kier alpha value is -3.22. The van der Waals surface area contributed by atoms with Crippen molar-refractivity contribution in [3.63, 3.8) is 0 Å². The topological polar surface area (TPSA) is 91.5 Å². The molecule has 0 saturated heterocycles. The average molecular weight is 453 g/mol. The first-order valence-corrected chi connectivity index (χ1v) is 12.0. The molecule has 0 unspecified atom stereocenters. The van der Waals surface area contributed by atoms with Crippen LogP contribution in [0.5, 0.6) is 5.75 Å². The zero-order valence-corrected chi connectivity index (χ0v) is 19.5. The van der Waals surface area contributed by atoms with Gasteiger partial charge >= 0.3 is 12.1 Å². The largest absolute Gasteiger partial charge is 0.494 e. The van der Waals surface area contributed by atoms with E-state index in [4.69, 9.17) is 4.74 Å². The van der Waals surface area contributed by atoms with Crippen LogP contribution in [0.2, 0.25) is 0 Å². The number of benzene rings is 2. The van der Waals surface area contributed by atoms with Crippen molar-refractivity contribution in [3.05, 3.63) is 64.7 Å². The van der Waals surface area contributed by atoms with E-state index in [1.165, 1.54) is 25.7 Å². The molecule has 7 nitrogen and oxygen atoms in total. The van der Waals surface area contributed by atoms with E-state index in [9.17, 15) is 9.59 Å². The summed E-state index contributed by atoms with van der Waals surface area (Å²) in [5.74, 6) is 0.761. The standard InChI is InChI=1S/C26H36N4O3/c1-2-3-4-5-6-7-11-33-24-14-22-13-23(15-24)19-30-26(32)28-17-21-10-8-9-20(12-21)16-27-25(31)29-18-22/h8-10,12-15H,2-7,11,16-19H2,1H3,(H2,27,29,31)(H2,28,30,32). The van der Waals surface area contributed by atoms with Crippen LogP contribution in [-0.2, 0) is 26.2 Å². The summed E-state index contributed by atoms with van der Waals surface area (Å²) in [5.41, 5.74) is 3.81. The highest BCUT2D eigenvalue weighted by Gasteiger charge is 2.08. The van der Waals surface area contributed by atoms with Crippen molar-refractivity contribution in [2.75, 3.05) is 6.61 Å². The normalized spacial score (nSPS) is 14.5. The molecule has 0 aliphatic carbocycles. The molecule has 3 rings (SSSR count). The second-order valence-corrected chi connectivity index (χ2v) is 8.49. The first-order chi connectivity index (χ1) is 16.1. The van der Waals surface area contributed by atoms with Gasteiger partial charge in [0.1, 0.15) is 5.75 Å². The molecular formula is C26H36N4O3. The number of urea groups is 2. The molecule has 4 bridgehead atoms. The predicted molar refractivity (Wildman–Crippen MR) is 130 cm³/mol. The van der Waals surface area contributed by atoms with Crippen molar-refractivity contribution in [3.8, 4) is 5.75 Å². The monoisotopic (exact) mass is 452 g/mol. The number of carbonyl (C=O) groups excluding carboxylic acids is 2. The van der Waals surface area contributed by atoms with E-state index in [2.05, 4.69) is 28.2 Å². The fourth-order valence-electron chi connectivity index (χ4n) is 3.79. The summed E-state index contributed by atoms with van der Waals surface area (Å²) in [4.78, 5) is 24.6. The molecule has 0 fully saturated rings. The molecule has 178 valence electrons. The molecule has 0 spiro atoms. The van der Waals surface area contributed by atoms with Crippen molar-refractivity contribution in [1.29, 1.82) is 0 Å². The minimum atomic E-state index is -0.223. The van der Waals surface area contributed by atoms with E-state index >= 15 is 0 Å². The van der Waals surface area contributed by atoms with E-state index in [1.54, 1.807) is 0 Å². The van der Waals surface area contributed by atoms with Crippen molar-refractivity contribution in [2.24, 2.45) is 0 Å². The van der Waals surface area contributed by atoms with Crippen molar-refractivity contribution in [1.82, 2.24) is 21.3 Å². The summed E-state index contributed by atoms with van der Waals surface area (Å²) in [5, 5.41) is 11.6. The molecule has 4 amide bonds. The van der Waals surface area contributed by atoms with E-state index in [-0.39, 0.29) is 12.1 Å². The number of fused-ring (bicyclic) bond motifs is 4. The molecule has 2 aromatic rings. The van der Waals surface area contributed by atoms with Crippen LogP contribution in [0.3, 0.4) is 0 Å². The number of hydrogen-bond donors (Lipinski definition) is 4. The van der Waals surface area contributed by atoms with Gasteiger partial charge in [-0.25, -0.2) is 9.59 Å². The fourth-order valence-corrected chi connectivity index (χ4v) is 3.79. The van der Waals surface area contributed by atoms with Gasteiger partial charge in [-0.15, -0.1) is 0 Å². The molecule has 1 aliphatic rings. The van der Waals surface area contributed by atoms with E-state index in [0.717, 1.165) is 40.8 Å². The highest BCUT2D eigenvalue weighted by Crippen LogP contribution is 2.19. The van der Waals surface area contributed by atoms with E-state index in [0.29, 0.717) is 32.8 Å². The van der Waals surface area contributed by atoms with Crippen molar-refractivity contribution < 1.29 is 14.3 Å². The first kappa shape index (κ1) is 24.4. The molecule has 7 heteroatoms. The van der Waals surface area contributed by atoms with Gasteiger partial charge in [-0.2, -0.15) is 0 Å². The third-order valence-corrected chi connectivity index (χ3v) is 5.60. The minimum Gasteiger partial charge on any atom is -0.494 e. The molecule has 0 aromatic heterocycles. The lowest BCUT2D eigenvalue weighted by Gasteiger charge is -2.15. The molecule has 0 saturated carbocycles. The van der Waals surface area contributed by atoms with Gasteiger partial charge in [0.15, 0.2) is 0 Å². The van der Waals surface area contributed by atoms with Gasteiger partial charge in [-0.1, -0.05) is 69.4 Å². The van der Waals surface area contributed by atoms with E-state index in [1.807, 2.05) is 42.5 Å². The van der Waals surface area contributed by atoms with Gasteiger partial charge < -0.3 is 26.0 Å². The zero-order chi connectivity index (χ0) is 23.3. The summed E-state index contributed by atoms with van der Waals surface area (Å²) in [6.45, 7) is 4.46. The van der Waals surface area contributed by atoms with Crippen LogP contribution in [0.4, 0.5) is 9.59 Å². The number of hydrogen-bond acceptors (Lipinski definition) is 3. The summed E-state index contributed by atoms with van der Waals surface area (Å²) >= 11 is 0.